The Morgan fingerprint density at radius 3 is 2.50 bits per heavy atom. The van der Waals surface area contributed by atoms with Crippen LogP contribution in [0.3, 0.4) is 0 Å². The summed E-state index contributed by atoms with van der Waals surface area (Å²) in [7, 11) is 0. The van der Waals surface area contributed by atoms with Crippen LogP contribution in [-0.2, 0) is 12.0 Å². The molecular formula is C25H28N6O3. The number of ether oxygens (including phenoxy) is 1. The van der Waals surface area contributed by atoms with Crippen LogP contribution < -0.4 is 10.1 Å². The number of hydrogen-bond acceptors (Lipinski definition) is 7. The lowest BCUT2D eigenvalue weighted by atomic mass is 9.96. The van der Waals surface area contributed by atoms with E-state index in [1.807, 2.05) is 65.0 Å². The van der Waals surface area contributed by atoms with E-state index in [9.17, 15) is 4.79 Å². The van der Waals surface area contributed by atoms with Gasteiger partial charge in [-0.25, -0.2) is 9.67 Å². The maximum absolute atomic E-state index is 12.7. The van der Waals surface area contributed by atoms with Crippen LogP contribution in [0.2, 0.25) is 0 Å². The van der Waals surface area contributed by atoms with Crippen molar-refractivity contribution in [3.63, 3.8) is 0 Å². The van der Waals surface area contributed by atoms with Crippen LogP contribution in [0.15, 0.2) is 53.3 Å². The van der Waals surface area contributed by atoms with E-state index in [1.165, 1.54) is 0 Å². The summed E-state index contributed by atoms with van der Waals surface area (Å²) in [6.07, 6.45) is 3.20. The molecule has 0 atom stereocenters. The molecule has 3 heterocycles. The molecule has 0 saturated heterocycles. The van der Waals surface area contributed by atoms with Gasteiger partial charge in [0.05, 0.1) is 29.6 Å². The number of nitrogens with one attached hydrogen (secondary N) is 1. The lowest BCUT2D eigenvalue weighted by Gasteiger charge is -2.10. The number of aromatic nitrogens is 5. The highest BCUT2D eigenvalue weighted by atomic mass is 16.5. The van der Waals surface area contributed by atoms with E-state index >= 15 is 0 Å². The first-order chi connectivity index (χ1) is 16.3. The smallest absolute Gasteiger partial charge is 0.259 e. The van der Waals surface area contributed by atoms with Crippen LogP contribution in [0.1, 0.15) is 55.1 Å². The van der Waals surface area contributed by atoms with Crippen molar-refractivity contribution < 1.29 is 14.1 Å². The maximum Gasteiger partial charge on any atom is 0.259 e. The van der Waals surface area contributed by atoms with E-state index in [2.05, 4.69) is 25.5 Å². The monoisotopic (exact) mass is 460 g/mol. The van der Waals surface area contributed by atoms with Crippen molar-refractivity contribution in [3.8, 4) is 23.0 Å². The van der Waals surface area contributed by atoms with Crippen molar-refractivity contribution in [1.82, 2.24) is 30.2 Å². The third kappa shape index (κ3) is 4.98. The van der Waals surface area contributed by atoms with Crippen molar-refractivity contribution in [3.05, 3.63) is 71.4 Å². The van der Waals surface area contributed by atoms with Gasteiger partial charge in [0.15, 0.2) is 11.6 Å². The van der Waals surface area contributed by atoms with Gasteiger partial charge >= 0.3 is 0 Å². The molecule has 4 rings (SSSR count). The zero-order valence-electron chi connectivity index (χ0n) is 20.0. The van der Waals surface area contributed by atoms with Gasteiger partial charge in [0, 0.05) is 18.2 Å². The van der Waals surface area contributed by atoms with Crippen molar-refractivity contribution in [2.24, 2.45) is 0 Å². The number of carbonyl (C=O) groups excluding carboxylic acids is 1. The summed E-state index contributed by atoms with van der Waals surface area (Å²) in [5.74, 6) is 2.24. The summed E-state index contributed by atoms with van der Waals surface area (Å²) in [4.78, 5) is 21.7. The number of hydrogen-bond donors (Lipinski definition) is 1. The second kappa shape index (κ2) is 9.46. The first-order valence-corrected chi connectivity index (χ1v) is 11.1. The first kappa shape index (κ1) is 23.2. The topological polar surface area (TPSA) is 108 Å². The van der Waals surface area contributed by atoms with Crippen LogP contribution in [0, 0.1) is 6.92 Å². The van der Waals surface area contributed by atoms with Crippen LogP contribution in [0.5, 0.6) is 5.75 Å². The molecule has 0 bridgehead atoms. The van der Waals surface area contributed by atoms with Crippen molar-refractivity contribution in [1.29, 1.82) is 0 Å². The zero-order chi connectivity index (χ0) is 24.3. The molecule has 0 radical (unpaired) electrons. The predicted octanol–water partition coefficient (Wildman–Crippen LogP) is 4.25. The quantitative estimate of drug-likeness (QED) is 0.439. The van der Waals surface area contributed by atoms with Gasteiger partial charge < -0.3 is 14.6 Å². The number of nitrogens with zero attached hydrogens (tertiary/aromatic N) is 5. The molecule has 0 aliphatic rings. The third-order valence-corrected chi connectivity index (χ3v) is 5.25. The average Bonchev–Trinajstić information content (AvgIpc) is 3.46. The van der Waals surface area contributed by atoms with E-state index in [0.29, 0.717) is 47.5 Å². The summed E-state index contributed by atoms with van der Waals surface area (Å²) in [5.41, 5.74) is 2.67. The molecule has 176 valence electrons. The fourth-order valence-corrected chi connectivity index (χ4v) is 3.29. The number of rotatable bonds is 7. The molecule has 0 aliphatic carbocycles. The second-order valence-electron chi connectivity index (χ2n) is 8.89. The minimum absolute atomic E-state index is 0.199. The molecule has 9 nitrogen and oxygen atoms in total. The van der Waals surface area contributed by atoms with Gasteiger partial charge in [-0.15, -0.1) is 0 Å². The zero-order valence-corrected chi connectivity index (χ0v) is 20.0. The van der Waals surface area contributed by atoms with Crippen LogP contribution >= 0.6 is 0 Å². The average molecular weight is 461 g/mol. The first-order valence-electron chi connectivity index (χ1n) is 11.1. The van der Waals surface area contributed by atoms with E-state index in [1.54, 1.807) is 23.1 Å². The Morgan fingerprint density at radius 2 is 1.88 bits per heavy atom. The molecule has 0 unspecified atom stereocenters. The molecule has 3 aromatic heterocycles. The standard InChI is InChI=1S/C25H28N6O3/c1-6-33-19-10-7-17(8-11-19)13-27-22(32)20-15-28-31(16(20)2)21-12-9-18(14-26-21)23-29-24(30-34-23)25(3,4)5/h7-12,14-15H,6,13H2,1-5H3,(H,27,32). The highest BCUT2D eigenvalue weighted by Crippen LogP contribution is 2.24. The summed E-state index contributed by atoms with van der Waals surface area (Å²) in [6.45, 7) is 10.9. The van der Waals surface area contributed by atoms with E-state index in [-0.39, 0.29) is 11.3 Å². The van der Waals surface area contributed by atoms with E-state index in [0.717, 1.165) is 11.3 Å². The van der Waals surface area contributed by atoms with Gasteiger partial charge in [-0.3, -0.25) is 4.79 Å². The number of amides is 1. The summed E-state index contributed by atoms with van der Waals surface area (Å²) >= 11 is 0. The minimum Gasteiger partial charge on any atom is -0.494 e. The second-order valence-corrected chi connectivity index (χ2v) is 8.89. The van der Waals surface area contributed by atoms with E-state index < -0.39 is 0 Å². The van der Waals surface area contributed by atoms with Gasteiger partial charge in [-0.05, 0) is 43.7 Å². The Kier molecular flexibility index (Phi) is 6.45. The van der Waals surface area contributed by atoms with Gasteiger partial charge in [-0.1, -0.05) is 38.1 Å². The molecule has 9 heteroatoms. The summed E-state index contributed by atoms with van der Waals surface area (Å²) in [5, 5.41) is 11.3. The Balaban J connectivity index is 1.44. The largest absolute Gasteiger partial charge is 0.494 e. The Hall–Kier alpha value is -4.01. The fraction of sp³-hybridized carbons (Fsp3) is 0.320. The molecule has 4 aromatic rings. The summed E-state index contributed by atoms with van der Waals surface area (Å²) < 4.78 is 12.5. The Bertz CT molecular complexity index is 1270. The molecule has 0 saturated carbocycles. The molecule has 0 aliphatic heterocycles. The third-order valence-electron chi connectivity index (χ3n) is 5.25. The molecule has 1 N–H and O–H groups in total. The van der Waals surface area contributed by atoms with E-state index in [4.69, 9.17) is 9.26 Å². The van der Waals surface area contributed by atoms with Crippen LogP contribution in [-0.4, -0.2) is 37.4 Å². The van der Waals surface area contributed by atoms with Gasteiger partial charge in [0.1, 0.15) is 5.75 Å². The SMILES string of the molecule is CCOc1ccc(CNC(=O)c2cnn(-c3ccc(-c4nc(C(C)(C)C)no4)cn3)c2C)cc1. The Labute approximate surface area is 198 Å². The minimum atomic E-state index is -0.203. The van der Waals surface area contributed by atoms with Crippen molar-refractivity contribution in [2.75, 3.05) is 6.61 Å². The fourth-order valence-electron chi connectivity index (χ4n) is 3.29. The lowest BCUT2D eigenvalue weighted by molar-refractivity contribution is 0.0950. The number of carbonyl (C=O) groups is 1. The predicted molar refractivity (Wildman–Crippen MR) is 127 cm³/mol. The van der Waals surface area contributed by atoms with Gasteiger partial charge in [0.25, 0.3) is 11.8 Å². The highest BCUT2D eigenvalue weighted by Gasteiger charge is 2.22. The van der Waals surface area contributed by atoms with Gasteiger partial charge in [-0.2, -0.15) is 10.1 Å². The summed E-state index contributed by atoms with van der Waals surface area (Å²) in [6, 6.07) is 11.3. The maximum atomic E-state index is 12.7. The molecular weight excluding hydrogens is 432 g/mol. The molecule has 1 aromatic carbocycles. The molecule has 34 heavy (non-hydrogen) atoms. The molecule has 0 spiro atoms. The molecule has 0 fully saturated rings. The van der Waals surface area contributed by atoms with Crippen molar-refractivity contribution >= 4 is 5.91 Å². The van der Waals surface area contributed by atoms with Crippen LogP contribution in [0.25, 0.3) is 17.3 Å². The van der Waals surface area contributed by atoms with Crippen LogP contribution in [0.4, 0.5) is 0 Å². The Morgan fingerprint density at radius 1 is 1.12 bits per heavy atom. The van der Waals surface area contributed by atoms with Gasteiger partial charge in [0.2, 0.25) is 0 Å². The normalized spacial score (nSPS) is 11.4. The number of pyridine rings is 1. The highest BCUT2D eigenvalue weighted by molar-refractivity contribution is 5.95. The number of benzene rings is 1. The lowest BCUT2D eigenvalue weighted by Crippen LogP contribution is -2.23. The molecule has 1 amide bonds. The van der Waals surface area contributed by atoms with Crippen molar-refractivity contribution in [2.45, 2.75) is 46.6 Å².